The first-order chi connectivity index (χ1) is 8.97. The smallest absolute Gasteiger partial charge is 0.106 e. The van der Waals surface area contributed by atoms with Gasteiger partial charge in [0.05, 0.1) is 17.9 Å². The van der Waals surface area contributed by atoms with Gasteiger partial charge in [-0.05, 0) is 73.0 Å². The summed E-state index contributed by atoms with van der Waals surface area (Å²) in [6.07, 6.45) is 1.83. The number of hydrogen-bond donors (Lipinski definition) is 1. The van der Waals surface area contributed by atoms with Crippen LogP contribution in [0.5, 0.6) is 0 Å². The molecule has 0 amide bonds. The molecule has 1 unspecified atom stereocenters. The maximum atomic E-state index is 4.55. The molecule has 2 heterocycles. The van der Waals surface area contributed by atoms with E-state index < -0.39 is 0 Å². The van der Waals surface area contributed by atoms with Crippen molar-refractivity contribution < 1.29 is 0 Å². The number of rotatable bonds is 3. The van der Waals surface area contributed by atoms with E-state index in [1.807, 2.05) is 25.3 Å². The van der Waals surface area contributed by atoms with Crippen LogP contribution in [0.15, 0.2) is 29.0 Å². The van der Waals surface area contributed by atoms with Gasteiger partial charge in [-0.25, -0.2) is 4.98 Å². The topological polar surface area (TPSA) is 37.8 Å². The summed E-state index contributed by atoms with van der Waals surface area (Å²) in [5.74, 6) is 0. The first-order valence-corrected chi connectivity index (χ1v) is 7.09. The van der Waals surface area contributed by atoms with Crippen LogP contribution in [0.2, 0.25) is 0 Å². The Hall–Kier alpha value is -1.42. The molecule has 19 heavy (non-hydrogen) atoms. The zero-order valence-electron chi connectivity index (χ0n) is 11.7. The number of hydrogen-bond acceptors (Lipinski definition) is 3. The quantitative estimate of drug-likeness (QED) is 0.855. The van der Waals surface area contributed by atoms with E-state index >= 15 is 0 Å². The number of nitrogens with zero attached hydrogens (tertiary/aromatic N) is 2. The van der Waals surface area contributed by atoms with Crippen LogP contribution in [-0.2, 0) is 0 Å². The average Bonchev–Trinajstić information content (AvgIpc) is 2.30. The molecule has 4 heteroatoms. The van der Waals surface area contributed by atoms with E-state index in [0.717, 1.165) is 21.7 Å². The molecule has 0 spiro atoms. The average molecular weight is 320 g/mol. The summed E-state index contributed by atoms with van der Waals surface area (Å²) in [6, 6.07) is 6.28. The van der Waals surface area contributed by atoms with Crippen LogP contribution in [0.3, 0.4) is 0 Å². The molecular formula is C15H18BrN3. The van der Waals surface area contributed by atoms with Crippen molar-refractivity contribution in [1.29, 1.82) is 0 Å². The van der Waals surface area contributed by atoms with Crippen LogP contribution >= 0.6 is 15.9 Å². The first kappa shape index (κ1) is 14.0. The van der Waals surface area contributed by atoms with E-state index in [4.69, 9.17) is 0 Å². The Morgan fingerprint density at radius 2 is 1.95 bits per heavy atom. The summed E-state index contributed by atoms with van der Waals surface area (Å²) in [7, 11) is 0. The maximum absolute atomic E-state index is 4.55. The van der Waals surface area contributed by atoms with E-state index in [1.54, 1.807) is 0 Å². The lowest BCUT2D eigenvalue weighted by Gasteiger charge is -2.20. The highest BCUT2D eigenvalue weighted by atomic mass is 79.9. The lowest BCUT2D eigenvalue weighted by molar-refractivity contribution is 0.841. The summed E-state index contributed by atoms with van der Waals surface area (Å²) in [5, 5.41) is 3.46. The third-order valence-corrected chi connectivity index (χ3v) is 3.60. The minimum Gasteiger partial charge on any atom is -0.377 e. The Bertz CT molecular complexity index is 555. The molecule has 0 saturated carbocycles. The van der Waals surface area contributed by atoms with Crippen molar-refractivity contribution in [3.8, 4) is 0 Å². The van der Waals surface area contributed by atoms with Crippen molar-refractivity contribution in [3.05, 3.63) is 51.5 Å². The fraction of sp³-hybridized carbons (Fsp3) is 0.333. The third kappa shape index (κ3) is 3.32. The van der Waals surface area contributed by atoms with Gasteiger partial charge in [0.1, 0.15) is 4.60 Å². The van der Waals surface area contributed by atoms with Crippen molar-refractivity contribution >= 4 is 21.6 Å². The van der Waals surface area contributed by atoms with Gasteiger partial charge in [-0.3, -0.25) is 4.98 Å². The van der Waals surface area contributed by atoms with Gasteiger partial charge >= 0.3 is 0 Å². The van der Waals surface area contributed by atoms with Gasteiger partial charge < -0.3 is 5.32 Å². The number of aryl methyl sites for hydroxylation is 3. The Morgan fingerprint density at radius 1 is 1.21 bits per heavy atom. The molecule has 0 aliphatic rings. The van der Waals surface area contributed by atoms with Gasteiger partial charge in [0, 0.05) is 11.4 Å². The Balaban J connectivity index is 2.25. The first-order valence-electron chi connectivity index (χ1n) is 6.30. The summed E-state index contributed by atoms with van der Waals surface area (Å²) in [5.41, 5.74) is 5.69. The van der Waals surface area contributed by atoms with Gasteiger partial charge in [0.25, 0.3) is 0 Å². The maximum Gasteiger partial charge on any atom is 0.106 e. The summed E-state index contributed by atoms with van der Waals surface area (Å²) in [6.45, 7) is 8.37. The largest absolute Gasteiger partial charge is 0.377 e. The molecule has 0 aliphatic heterocycles. The van der Waals surface area contributed by atoms with Gasteiger partial charge in [-0.15, -0.1) is 0 Å². The lowest BCUT2D eigenvalue weighted by Crippen LogP contribution is -2.11. The fourth-order valence-corrected chi connectivity index (χ4v) is 2.71. The monoisotopic (exact) mass is 319 g/mol. The van der Waals surface area contributed by atoms with Crippen molar-refractivity contribution in [2.75, 3.05) is 5.32 Å². The molecule has 2 aromatic heterocycles. The van der Waals surface area contributed by atoms with Crippen molar-refractivity contribution in [2.45, 2.75) is 33.7 Å². The standard InChI is InChI=1S/C15H18BrN3/c1-9-7-10(2)18-11(3)15(9)12(4)19-13-5-6-14(16)17-8-13/h5-8,12,19H,1-4H3. The summed E-state index contributed by atoms with van der Waals surface area (Å²) >= 11 is 3.34. The highest BCUT2D eigenvalue weighted by molar-refractivity contribution is 9.10. The number of halogens is 1. The second-order valence-corrected chi connectivity index (χ2v) is 5.63. The second-order valence-electron chi connectivity index (χ2n) is 4.82. The minimum atomic E-state index is 0.205. The number of nitrogens with one attached hydrogen (secondary N) is 1. The van der Waals surface area contributed by atoms with Crippen molar-refractivity contribution in [2.24, 2.45) is 0 Å². The molecule has 0 radical (unpaired) electrons. The Morgan fingerprint density at radius 3 is 2.53 bits per heavy atom. The predicted molar refractivity (Wildman–Crippen MR) is 82.4 cm³/mol. The molecule has 2 rings (SSSR count). The third-order valence-electron chi connectivity index (χ3n) is 3.13. The minimum absolute atomic E-state index is 0.205. The van der Waals surface area contributed by atoms with Crippen molar-refractivity contribution in [3.63, 3.8) is 0 Å². The molecule has 0 fully saturated rings. The van der Waals surface area contributed by atoms with Crippen LogP contribution in [0.1, 0.15) is 35.5 Å². The zero-order valence-corrected chi connectivity index (χ0v) is 13.2. The van der Waals surface area contributed by atoms with Crippen LogP contribution in [0, 0.1) is 20.8 Å². The van der Waals surface area contributed by atoms with Crippen LogP contribution < -0.4 is 5.32 Å². The zero-order chi connectivity index (χ0) is 14.0. The molecule has 1 atom stereocenters. The molecule has 2 aromatic rings. The summed E-state index contributed by atoms with van der Waals surface area (Å²) < 4.78 is 0.843. The normalized spacial score (nSPS) is 12.3. The lowest BCUT2D eigenvalue weighted by atomic mass is 10.0. The van der Waals surface area contributed by atoms with E-state index in [2.05, 4.69) is 58.1 Å². The second kappa shape index (κ2) is 5.70. The van der Waals surface area contributed by atoms with Crippen LogP contribution in [-0.4, -0.2) is 9.97 Å². The van der Waals surface area contributed by atoms with Gasteiger partial charge in [0.2, 0.25) is 0 Å². The van der Waals surface area contributed by atoms with E-state index in [9.17, 15) is 0 Å². The van der Waals surface area contributed by atoms with E-state index in [1.165, 1.54) is 11.1 Å². The van der Waals surface area contributed by atoms with Gasteiger partial charge in [-0.1, -0.05) is 0 Å². The highest BCUT2D eigenvalue weighted by Crippen LogP contribution is 2.25. The van der Waals surface area contributed by atoms with E-state index in [-0.39, 0.29) is 6.04 Å². The molecular weight excluding hydrogens is 302 g/mol. The molecule has 1 N–H and O–H groups in total. The predicted octanol–water partition coefficient (Wildman–Crippen LogP) is 4.34. The molecule has 0 aliphatic carbocycles. The highest BCUT2D eigenvalue weighted by Gasteiger charge is 2.13. The summed E-state index contributed by atoms with van der Waals surface area (Å²) in [4.78, 5) is 8.77. The number of pyridine rings is 2. The number of aromatic nitrogens is 2. The Kier molecular flexibility index (Phi) is 4.20. The fourth-order valence-electron chi connectivity index (χ4n) is 2.47. The molecule has 100 valence electrons. The van der Waals surface area contributed by atoms with Gasteiger partial charge in [0.15, 0.2) is 0 Å². The Labute approximate surface area is 122 Å². The van der Waals surface area contributed by atoms with Crippen LogP contribution in [0.25, 0.3) is 0 Å². The number of anilines is 1. The SMILES string of the molecule is Cc1cc(C)c(C(C)Nc2ccc(Br)nc2)c(C)n1. The molecule has 0 aromatic carbocycles. The van der Waals surface area contributed by atoms with E-state index in [0.29, 0.717) is 0 Å². The van der Waals surface area contributed by atoms with Crippen molar-refractivity contribution in [1.82, 2.24) is 9.97 Å². The molecule has 3 nitrogen and oxygen atoms in total. The van der Waals surface area contributed by atoms with Crippen LogP contribution in [0.4, 0.5) is 5.69 Å². The molecule has 0 saturated heterocycles. The van der Waals surface area contributed by atoms with Gasteiger partial charge in [-0.2, -0.15) is 0 Å². The molecule has 0 bridgehead atoms.